The van der Waals surface area contributed by atoms with Crippen LogP contribution in [0.4, 0.5) is 0 Å². The maximum Gasteiger partial charge on any atom is 0.482 e. The molecule has 0 aliphatic carbocycles. The van der Waals surface area contributed by atoms with Crippen LogP contribution in [0.1, 0.15) is 0 Å². The second-order valence-corrected chi connectivity index (χ2v) is 2.89. The first-order chi connectivity index (χ1) is 6.96. The molecule has 9 heteroatoms. The lowest BCUT2D eigenvalue weighted by molar-refractivity contribution is -0.248. The smallest absolute Gasteiger partial charge is 0.429 e. The highest BCUT2D eigenvalue weighted by molar-refractivity contribution is 6.13. The van der Waals surface area contributed by atoms with Crippen molar-refractivity contribution in [2.24, 2.45) is 0 Å². The second kappa shape index (κ2) is 6.35. The Labute approximate surface area is 86.3 Å². The van der Waals surface area contributed by atoms with E-state index in [1.165, 1.54) is 0 Å². The Hall–Kier alpha value is -0.255. The molecule has 0 amide bonds. The van der Waals surface area contributed by atoms with Gasteiger partial charge in [0, 0.05) is 0 Å². The van der Waals surface area contributed by atoms with E-state index in [4.69, 9.17) is 30.5 Å². The minimum absolute atomic E-state index is 0. The van der Waals surface area contributed by atoms with Gasteiger partial charge in [0.1, 0.15) is 18.3 Å². The van der Waals surface area contributed by atoms with Crippen LogP contribution in [0, 0.1) is 0 Å². The number of rotatable bonds is 2. The molecule has 1 unspecified atom stereocenters. The van der Waals surface area contributed by atoms with Gasteiger partial charge in [-0.2, -0.15) is 0 Å². The molecular formula is C6H14BO8. The minimum atomic E-state index is -2.16. The summed E-state index contributed by atoms with van der Waals surface area (Å²) < 4.78 is 4.63. The van der Waals surface area contributed by atoms with Crippen LogP contribution in [0.15, 0.2) is 0 Å². The summed E-state index contributed by atoms with van der Waals surface area (Å²) in [6.07, 6.45) is -4.04. The highest BCUT2D eigenvalue weighted by Crippen LogP contribution is 2.28. The first-order valence-electron chi connectivity index (χ1n) is 4.05. The topological polar surface area (TPSA) is 151 Å². The van der Waals surface area contributed by atoms with Gasteiger partial charge < -0.3 is 40.3 Å². The van der Waals surface area contributed by atoms with E-state index in [9.17, 15) is 5.11 Å². The van der Waals surface area contributed by atoms with Gasteiger partial charge in [0.05, 0.1) is 13.2 Å². The van der Waals surface area contributed by atoms with E-state index in [0.29, 0.717) is 0 Å². The van der Waals surface area contributed by atoms with Crippen molar-refractivity contribution in [3.63, 3.8) is 0 Å². The molecule has 0 bridgehead atoms. The summed E-state index contributed by atoms with van der Waals surface area (Å²) in [4.78, 5) is 0. The molecule has 0 aromatic heterocycles. The molecule has 0 aromatic carbocycles. The summed E-state index contributed by atoms with van der Waals surface area (Å²) in [5.41, 5.74) is 0. The van der Waals surface area contributed by atoms with Gasteiger partial charge in [-0.25, -0.2) is 0 Å². The molecular weight excluding hydrogens is 211 g/mol. The Morgan fingerprint density at radius 2 is 1.67 bits per heavy atom. The lowest BCUT2D eigenvalue weighted by atomic mass is 10.1. The minimum Gasteiger partial charge on any atom is -0.429 e. The van der Waals surface area contributed by atoms with Crippen molar-refractivity contribution in [2.45, 2.75) is 24.1 Å². The molecule has 89 valence electrons. The number of aliphatic hydroxyl groups is 5. The molecule has 0 spiro atoms. The summed E-state index contributed by atoms with van der Waals surface area (Å²) in [7, 11) is 0. The van der Waals surface area contributed by atoms with Crippen molar-refractivity contribution < 1.29 is 40.3 Å². The summed E-state index contributed by atoms with van der Waals surface area (Å²) in [6, 6.07) is 0. The largest absolute Gasteiger partial charge is 0.482 e. The number of aliphatic hydroxyl groups excluding tert-OH is 4. The van der Waals surface area contributed by atoms with Gasteiger partial charge >= 0.3 is 7.69 Å². The summed E-state index contributed by atoms with van der Waals surface area (Å²) in [6.45, 7) is -1.36. The highest BCUT2D eigenvalue weighted by Gasteiger charge is 2.52. The third-order valence-corrected chi connectivity index (χ3v) is 1.93. The predicted octanol–water partition coefficient (Wildman–Crippen LogP) is -4.71. The number of hydrogen-bond acceptors (Lipinski definition) is 8. The van der Waals surface area contributed by atoms with Gasteiger partial charge in [-0.1, -0.05) is 0 Å². The van der Waals surface area contributed by atoms with Gasteiger partial charge in [-0.05, 0) is 0 Å². The van der Waals surface area contributed by atoms with E-state index in [0.717, 1.165) is 0 Å². The monoisotopic (exact) mass is 225 g/mol. The standard InChI is InChI=1S/C6H12O6.BH2O2/c7-1-3-4(9)5(10)6(11,2-8)12-3;2-1-3/h3-5,7-11H,1-2H2;2-3H/t3-,4-,5+,6?;/m1./s1. The molecule has 7 N–H and O–H groups in total. The number of hydrogen-bond donors (Lipinski definition) is 7. The van der Waals surface area contributed by atoms with Gasteiger partial charge in [0.15, 0.2) is 0 Å². The van der Waals surface area contributed by atoms with Gasteiger partial charge in [0.25, 0.3) is 0 Å². The van der Waals surface area contributed by atoms with E-state index in [-0.39, 0.29) is 7.69 Å². The molecule has 1 aliphatic heterocycles. The summed E-state index contributed by atoms with van der Waals surface area (Å²) >= 11 is 0. The molecule has 0 aromatic rings. The fourth-order valence-corrected chi connectivity index (χ4v) is 1.15. The average Bonchev–Trinajstić information content (AvgIpc) is 2.45. The summed E-state index contributed by atoms with van der Waals surface area (Å²) in [5.74, 6) is -2.16. The second-order valence-electron chi connectivity index (χ2n) is 2.89. The molecule has 8 nitrogen and oxygen atoms in total. The Kier molecular flexibility index (Phi) is 6.25. The molecule has 1 heterocycles. The van der Waals surface area contributed by atoms with Crippen molar-refractivity contribution in [3.05, 3.63) is 0 Å². The maximum atomic E-state index is 9.25. The van der Waals surface area contributed by atoms with Crippen LogP contribution in [0.3, 0.4) is 0 Å². The van der Waals surface area contributed by atoms with E-state index < -0.39 is 37.3 Å². The molecule has 1 rings (SSSR count). The zero-order valence-electron chi connectivity index (χ0n) is 7.76. The third-order valence-electron chi connectivity index (χ3n) is 1.93. The quantitative estimate of drug-likeness (QED) is 0.231. The van der Waals surface area contributed by atoms with Crippen LogP contribution < -0.4 is 0 Å². The Morgan fingerprint density at radius 1 is 1.20 bits per heavy atom. The highest BCUT2D eigenvalue weighted by atomic mass is 16.7. The zero-order chi connectivity index (χ0) is 12.1. The SMILES string of the molecule is OC[C@H]1OC(O)(CO)[C@@H](O)[C@@H]1O.O[B]O. The van der Waals surface area contributed by atoms with Crippen molar-refractivity contribution in [3.8, 4) is 0 Å². The molecule has 1 aliphatic rings. The van der Waals surface area contributed by atoms with E-state index >= 15 is 0 Å². The van der Waals surface area contributed by atoms with Gasteiger partial charge in [-0.15, -0.1) is 0 Å². The molecule has 1 radical (unpaired) electrons. The normalized spacial score (nSPS) is 39.5. The van der Waals surface area contributed by atoms with E-state index in [1.54, 1.807) is 0 Å². The Bertz CT molecular complexity index is 181. The molecule has 15 heavy (non-hydrogen) atoms. The van der Waals surface area contributed by atoms with Crippen molar-refractivity contribution in [1.82, 2.24) is 0 Å². The van der Waals surface area contributed by atoms with Crippen LogP contribution in [0.5, 0.6) is 0 Å². The predicted molar refractivity (Wildman–Crippen MR) is 46.2 cm³/mol. The fourth-order valence-electron chi connectivity index (χ4n) is 1.15. The lowest BCUT2D eigenvalue weighted by Gasteiger charge is -2.22. The van der Waals surface area contributed by atoms with Gasteiger partial charge in [0.2, 0.25) is 5.79 Å². The van der Waals surface area contributed by atoms with Crippen molar-refractivity contribution in [1.29, 1.82) is 0 Å². The first kappa shape index (κ1) is 14.7. The van der Waals surface area contributed by atoms with E-state index in [2.05, 4.69) is 4.74 Å². The Morgan fingerprint density at radius 3 is 1.87 bits per heavy atom. The van der Waals surface area contributed by atoms with Gasteiger partial charge in [-0.3, -0.25) is 0 Å². The molecule has 1 fully saturated rings. The molecule has 4 atom stereocenters. The number of ether oxygens (including phenoxy) is 1. The molecule has 1 saturated heterocycles. The van der Waals surface area contributed by atoms with E-state index in [1.807, 2.05) is 0 Å². The van der Waals surface area contributed by atoms with Crippen LogP contribution in [-0.4, -0.2) is 80.6 Å². The van der Waals surface area contributed by atoms with Crippen molar-refractivity contribution in [2.75, 3.05) is 13.2 Å². The van der Waals surface area contributed by atoms with Crippen LogP contribution >= 0.6 is 0 Å². The third kappa shape index (κ3) is 3.36. The summed E-state index contributed by atoms with van der Waals surface area (Å²) in [5, 5.41) is 58.7. The fraction of sp³-hybridized carbons (Fsp3) is 1.00. The average molecular weight is 225 g/mol. The van der Waals surface area contributed by atoms with Crippen LogP contribution in [0.2, 0.25) is 0 Å². The van der Waals surface area contributed by atoms with Crippen LogP contribution in [0.25, 0.3) is 0 Å². The zero-order valence-corrected chi connectivity index (χ0v) is 7.76. The maximum absolute atomic E-state index is 9.25. The van der Waals surface area contributed by atoms with Crippen molar-refractivity contribution >= 4 is 7.69 Å². The van der Waals surface area contributed by atoms with Crippen LogP contribution in [-0.2, 0) is 4.74 Å². The lowest BCUT2D eigenvalue weighted by Crippen LogP contribution is -2.46. The molecule has 0 saturated carbocycles. The Balaban J connectivity index is 0.000000583. The first-order valence-corrected chi connectivity index (χ1v) is 4.05.